The van der Waals surface area contributed by atoms with Gasteiger partial charge in [-0.3, -0.25) is 9.78 Å². The number of carbonyl (C=O) groups is 1. The van der Waals surface area contributed by atoms with E-state index in [-0.39, 0.29) is 22.0 Å². The van der Waals surface area contributed by atoms with Crippen LogP contribution in [0.1, 0.15) is 28.0 Å². The largest absolute Gasteiger partial charge is 0.296 e. The van der Waals surface area contributed by atoms with Crippen LogP contribution in [0.2, 0.25) is 0 Å². The zero-order valence-corrected chi connectivity index (χ0v) is 8.25. The molecule has 0 aliphatic heterocycles. The number of hydrogen-bond donors (Lipinski definition) is 0. The van der Waals surface area contributed by atoms with Gasteiger partial charge in [-0.1, -0.05) is 0 Å². The molecule has 0 spiro atoms. The minimum absolute atomic E-state index is 0.0228. The van der Waals surface area contributed by atoms with E-state index in [0.717, 1.165) is 6.20 Å². The summed E-state index contributed by atoms with van der Waals surface area (Å²) >= 11 is 2.84. The minimum Gasteiger partial charge on any atom is -0.296 e. The first-order valence-corrected chi connectivity index (χ1v) is 4.23. The number of carbonyl (C=O) groups excluding carboxylic acids is 1. The summed E-state index contributed by atoms with van der Waals surface area (Å²) in [6.45, 7) is 0. The van der Waals surface area contributed by atoms with Crippen LogP contribution in [-0.2, 0) is 0 Å². The number of aldehydes is 1. The number of aromatic nitrogens is 1. The van der Waals surface area contributed by atoms with Crippen LogP contribution in [0.4, 0.5) is 8.78 Å². The van der Waals surface area contributed by atoms with Crippen molar-refractivity contribution in [2.45, 2.75) is 6.43 Å². The van der Waals surface area contributed by atoms with Crippen molar-refractivity contribution in [1.29, 1.82) is 5.26 Å². The molecule has 0 bridgehead atoms. The molecule has 1 rings (SSSR count). The molecule has 0 N–H and O–H groups in total. The van der Waals surface area contributed by atoms with Crippen molar-refractivity contribution in [3.63, 3.8) is 0 Å². The van der Waals surface area contributed by atoms with Crippen LogP contribution in [0.15, 0.2) is 10.7 Å². The summed E-state index contributed by atoms with van der Waals surface area (Å²) in [6, 6.07) is 1.53. The van der Waals surface area contributed by atoms with Gasteiger partial charge in [0, 0.05) is 10.7 Å². The van der Waals surface area contributed by atoms with Crippen molar-refractivity contribution in [3.05, 3.63) is 27.5 Å². The number of halogens is 3. The Hall–Kier alpha value is -1.35. The van der Waals surface area contributed by atoms with Crippen molar-refractivity contribution in [2.24, 2.45) is 0 Å². The predicted octanol–water partition coefficient (Wildman–Crippen LogP) is 2.47. The Morgan fingerprint density at radius 2 is 2.29 bits per heavy atom. The highest BCUT2D eigenvalue weighted by molar-refractivity contribution is 9.10. The van der Waals surface area contributed by atoms with Crippen molar-refractivity contribution >= 4 is 22.2 Å². The molecule has 0 saturated carbocycles. The van der Waals surface area contributed by atoms with Gasteiger partial charge in [0.1, 0.15) is 11.8 Å². The zero-order chi connectivity index (χ0) is 10.7. The number of nitrogens with zero attached hydrogens (tertiary/aromatic N) is 2. The lowest BCUT2D eigenvalue weighted by Gasteiger charge is -2.05. The first-order valence-electron chi connectivity index (χ1n) is 3.43. The van der Waals surface area contributed by atoms with E-state index in [1.165, 1.54) is 6.07 Å². The van der Waals surface area contributed by atoms with Crippen LogP contribution in [0, 0.1) is 11.3 Å². The lowest BCUT2D eigenvalue weighted by Crippen LogP contribution is -2.00. The second-order valence-electron chi connectivity index (χ2n) is 2.31. The second-order valence-corrected chi connectivity index (χ2v) is 3.16. The molecule has 0 aliphatic carbocycles. The van der Waals surface area contributed by atoms with Gasteiger partial charge in [-0.15, -0.1) is 0 Å². The second kappa shape index (κ2) is 4.24. The van der Waals surface area contributed by atoms with Crippen LogP contribution in [0.3, 0.4) is 0 Å². The van der Waals surface area contributed by atoms with Crippen LogP contribution in [-0.4, -0.2) is 11.3 Å². The summed E-state index contributed by atoms with van der Waals surface area (Å²) in [5, 5.41) is 8.60. The number of nitriles is 1. The third-order valence-corrected chi connectivity index (χ3v) is 2.17. The van der Waals surface area contributed by atoms with Crippen LogP contribution >= 0.6 is 15.9 Å². The highest BCUT2D eigenvalue weighted by Crippen LogP contribution is 2.30. The van der Waals surface area contributed by atoms with Gasteiger partial charge in [0.2, 0.25) is 0 Å². The molecule has 6 heteroatoms. The molecule has 3 nitrogen and oxygen atoms in total. The summed E-state index contributed by atoms with van der Waals surface area (Å²) in [4.78, 5) is 13.9. The molecule has 0 radical (unpaired) electrons. The van der Waals surface area contributed by atoms with Crippen LogP contribution in [0.25, 0.3) is 0 Å². The lowest BCUT2D eigenvalue weighted by atomic mass is 10.1. The molecule has 0 unspecified atom stereocenters. The van der Waals surface area contributed by atoms with Gasteiger partial charge in [0.15, 0.2) is 6.29 Å². The van der Waals surface area contributed by atoms with E-state index in [9.17, 15) is 13.6 Å². The van der Waals surface area contributed by atoms with Gasteiger partial charge in [-0.2, -0.15) is 5.26 Å². The minimum atomic E-state index is -2.82. The molecule has 0 aromatic carbocycles. The molecular formula is C8H3BrF2N2O. The van der Waals surface area contributed by atoms with Gasteiger partial charge < -0.3 is 0 Å². The standard InChI is InChI=1S/C8H3BrF2N2O/c9-5-2-13-6(3-14)4(1-12)7(5)8(10)11/h2-3,8H. The van der Waals surface area contributed by atoms with Crippen molar-refractivity contribution in [2.75, 3.05) is 0 Å². The Labute approximate surface area is 86.5 Å². The maximum atomic E-state index is 12.5. The van der Waals surface area contributed by atoms with Crippen LogP contribution < -0.4 is 0 Å². The predicted molar refractivity (Wildman–Crippen MR) is 47.0 cm³/mol. The zero-order valence-electron chi connectivity index (χ0n) is 6.67. The summed E-state index contributed by atoms with van der Waals surface area (Å²) in [7, 11) is 0. The molecule has 0 aliphatic rings. The highest BCUT2D eigenvalue weighted by atomic mass is 79.9. The fourth-order valence-corrected chi connectivity index (χ4v) is 1.41. The van der Waals surface area contributed by atoms with Crippen LogP contribution in [0.5, 0.6) is 0 Å². The fraction of sp³-hybridized carbons (Fsp3) is 0.125. The smallest absolute Gasteiger partial charge is 0.266 e. The van der Waals surface area contributed by atoms with E-state index >= 15 is 0 Å². The number of rotatable bonds is 2. The first-order chi connectivity index (χ1) is 6.61. The van der Waals surface area contributed by atoms with Crippen molar-refractivity contribution < 1.29 is 13.6 Å². The van der Waals surface area contributed by atoms with E-state index in [4.69, 9.17) is 5.26 Å². The molecule has 14 heavy (non-hydrogen) atoms. The van der Waals surface area contributed by atoms with E-state index in [2.05, 4.69) is 20.9 Å². The quantitative estimate of drug-likeness (QED) is 0.768. The SMILES string of the molecule is N#Cc1c(C=O)ncc(Br)c1C(F)F. The third-order valence-electron chi connectivity index (χ3n) is 1.54. The molecule has 0 atom stereocenters. The van der Waals surface area contributed by atoms with Gasteiger partial charge >= 0.3 is 0 Å². The molecule has 1 aromatic rings. The molecule has 1 heterocycles. The maximum absolute atomic E-state index is 12.5. The highest BCUT2D eigenvalue weighted by Gasteiger charge is 2.20. The molecule has 0 saturated heterocycles. The van der Waals surface area contributed by atoms with Crippen molar-refractivity contribution in [1.82, 2.24) is 4.98 Å². The Bertz CT molecular complexity index is 415. The fourth-order valence-electron chi connectivity index (χ4n) is 0.938. The summed E-state index contributed by atoms with van der Waals surface area (Å²) in [5.74, 6) is 0. The van der Waals surface area contributed by atoms with Gasteiger partial charge in [0.25, 0.3) is 6.43 Å². The average Bonchev–Trinajstić information content (AvgIpc) is 2.16. The Morgan fingerprint density at radius 1 is 1.64 bits per heavy atom. The van der Waals surface area contributed by atoms with E-state index in [0.29, 0.717) is 0 Å². The van der Waals surface area contributed by atoms with Crippen molar-refractivity contribution in [3.8, 4) is 6.07 Å². The maximum Gasteiger partial charge on any atom is 0.266 e. The number of alkyl halides is 2. The Kier molecular flexibility index (Phi) is 3.25. The van der Waals surface area contributed by atoms with E-state index in [1.54, 1.807) is 0 Å². The summed E-state index contributed by atoms with van der Waals surface area (Å²) < 4.78 is 25.0. The molecular weight excluding hydrogens is 258 g/mol. The summed E-state index contributed by atoms with van der Waals surface area (Å²) in [5.41, 5.74) is -1.15. The number of hydrogen-bond acceptors (Lipinski definition) is 3. The summed E-state index contributed by atoms with van der Waals surface area (Å²) in [6.07, 6.45) is -1.47. The van der Waals surface area contributed by atoms with E-state index in [1.807, 2.05) is 0 Å². The number of pyridine rings is 1. The molecule has 0 fully saturated rings. The Morgan fingerprint density at radius 3 is 2.71 bits per heavy atom. The normalized spacial score (nSPS) is 9.93. The molecule has 0 amide bonds. The first kappa shape index (κ1) is 10.7. The van der Waals surface area contributed by atoms with Gasteiger partial charge in [0.05, 0.1) is 11.1 Å². The third kappa shape index (κ3) is 1.77. The topological polar surface area (TPSA) is 53.8 Å². The average molecular weight is 261 g/mol. The van der Waals surface area contributed by atoms with E-state index < -0.39 is 12.0 Å². The van der Waals surface area contributed by atoms with Gasteiger partial charge in [-0.25, -0.2) is 8.78 Å². The lowest BCUT2D eigenvalue weighted by molar-refractivity contribution is 0.111. The Balaban J connectivity index is 3.52. The van der Waals surface area contributed by atoms with Gasteiger partial charge in [-0.05, 0) is 15.9 Å². The monoisotopic (exact) mass is 260 g/mol. The molecule has 72 valence electrons. The molecule has 1 aromatic heterocycles.